The van der Waals surface area contributed by atoms with Gasteiger partial charge in [-0.3, -0.25) is 9.67 Å². The molecule has 3 nitrogen and oxygen atoms in total. The molecule has 0 unspecified atom stereocenters. The molecule has 0 aliphatic heterocycles. The first-order valence-corrected chi connectivity index (χ1v) is 6.88. The Morgan fingerprint density at radius 2 is 2.00 bits per heavy atom. The van der Waals surface area contributed by atoms with Gasteiger partial charge in [0.1, 0.15) is 11.6 Å². The van der Waals surface area contributed by atoms with Gasteiger partial charge in [-0.25, -0.2) is 4.39 Å². The van der Waals surface area contributed by atoms with Gasteiger partial charge in [0.05, 0.1) is 6.54 Å². The summed E-state index contributed by atoms with van der Waals surface area (Å²) in [4.78, 5) is 0. The van der Waals surface area contributed by atoms with E-state index in [1.54, 1.807) is 13.8 Å². The van der Waals surface area contributed by atoms with E-state index in [2.05, 4.69) is 10.2 Å². The van der Waals surface area contributed by atoms with Crippen molar-refractivity contribution < 1.29 is 4.39 Å². The second-order valence-electron chi connectivity index (χ2n) is 5.29. The molecule has 1 fully saturated rings. The Hall–Kier alpha value is -1.49. The fourth-order valence-corrected chi connectivity index (χ4v) is 2.65. The third kappa shape index (κ3) is 2.34. The zero-order valence-corrected chi connectivity index (χ0v) is 11.9. The van der Waals surface area contributed by atoms with E-state index >= 15 is 0 Å². The lowest BCUT2D eigenvalue weighted by molar-refractivity contribution is 0.606. The standard InChI is InChI=1S/C14H16FN3S/c1-8-5-10(6-9(2)12(8)15)7-18-13(11-3-4-11)16-17-14(18)19/h5-6,11H,3-4,7H2,1-2H3,(H,17,19). The van der Waals surface area contributed by atoms with Gasteiger partial charge in [-0.15, -0.1) is 0 Å². The highest BCUT2D eigenvalue weighted by Crippen LogP contribution is 2.39. The summed E-state index contributed by atoms with van der Waals surface area (Å²) in [6.45, 7) is 4.24. The Bertz CT molecular complexity index is 659. The topological polar surface area (TPSA) is 33.6 Å². The molecule has 2 aromatic rings. The predicted molar refractivity (Wildman–Crippen MR) is 74.4 cm³/mol. The summed E-state index contributed by atoms with van der Waals surface area (Å²) >= 11 is 5.28. The molecular weight excluding hydrogens is 261 g/mol. The molecule has 1 aliphatic carbocycles. The van der Waals surface area contributed by atoms with Gasteiger partial charge in [0.2, 0.25) is 0 Å². The van der Waals surface area contributed by atoms with E-state index in [0.717, 1.165) is 11.4 Å². The number of nitrogens with one attached hydrogen (secondary N) is 1. The average molecular weight is 277 g/mol. The molecule has 1 N–H and O–H groups in total. The highest BCUT2D eigenvalue weighted by atomic mass is 32.1. The third-order valence-corrected chi connectivity index (χ3v) is 3.88. The Kier molecular flexibility index (Phi) is 3.01. The molecule has 3 rings (SSSR count). The second kappa shape index (κ2) is 4.56. The largest absolute Gasteiger partial charge is 0.299 e. The molecule has 0 spiro atoms. The number of hydrogen-bond donors (Lipinski definition) is 1. The van der Waals surface area contributed by atoms with E-state index in [4.69, 9.17) is 12.2 Å². The van der Waals surface area contributed by atoms with Crippen molar-refractivity contribution in [3.8, 4) is 0 Å². The lowest BCUT2D eigenvalue weighted by Crippen LogP contribution is -2.05. The average Bonchev–Trinajstić information content (AvgIpc) is 3.14. The van der Waals surface area contributed by atoms with E-state index < -0.39 is 0 Å². The van der Waals surface area contributed by atoms with Gasteiger partial charge in [0, 0.05) is 5.92 Å². The van der Waals surface area contributed by atoms with Crippen LogP contribution in [0.4, 0.5) is 4.39 Å². The quantitative estimate of drug-likeness (QED) is 0.869. The van der Waals surface area contributed by atoms with Crippen LogP contribution < -0.4 is 0 Å². The maximum atomic E-state index is 13.6. The number of aryl methyl sites for hydroxylation is 2. The van der Waals surface area contributed by atoms with Gasteiger partial charge in [-0.05, 0) is 55.6 Å². The number of hydrogen-bond acceptors (Lipinski definition) is 2. The Morgan fingerprint density at radius 1 is 1.37 bits per heavy atom. The van der Waals surface area contributed by atoms with Crippen molar-refractivity contribution in [2.75, 3.05) is 0 Å². The molecule has 19 heavy (non-hydrogen) atoms. The van der Waals surface area contributed by atoms with Gasteiger partial charge in [0.25, 0.3) is 0 Å². The zero-order valence-electron chi connectivity index (χ0n) is 11.0. The first kappa shape index (κ1) is 12.5. The molecule has 1 heterocycles. The minimum Gasteiger partial charge on any atom is -0.299 e. The molecule has 0 saturated heterocycles. The highest BCUT2D eigenvalue weighted by Gasteiger charge is 2.29. The fourth-order valence-electron chi connectivity index (χ4n) is 2.45. The summed E-state index contributed by atoms with van der Waals surface area (Å²) < 4.78 is 16.3. The first-order chi connectivity index (χ1) is 9.06. The number of rotatable bonds is 3. The smallest absolute Gasteiger partial charge is 0.195 e. The van der Waals surface area contributed by atoms with Crippen LogP contribution in [-0.4, -0.2) is 14.8 Å². The van der Waals surface area contributed by atoms with Gasteiger partial charge in [-0.2, -0.15) is 5.10 Å². The van der Waals surface area contributed by atoms with Crippen molar-refractivity contribution in [1.29, 1.82) is 0 Å². The number of nitrogens with zero attached hydrogens (tertiary/aromatic N) is 2. The summed E-state index contributed by atoms with van der Waals surface area (Å²) in [5, 5.41) is 7.17. The van der Waals surface area contributed by atoms with E-state index in [0.29, 0.717) is 28.4 Å². The lowest BCUT2D eigenvalue weighted by atomic mass is 10.1. The summed E-state index contributed by atoms with van der Waals surface area (Å²) in [5.74, 6) is 1.45. The Balaban J connectivity index is 1.97. The molecule has 0 atom stereocenters. The van der Waals surface area contributed by atoms with Crippen LogP contribution in [0.1, 0.15) is 41.3 Å². The van der Waals surface area contributed by atoms with Gasteiger partial charge in [0.15, 0.2) is 4.77 Å². The van der Waals surface area contributed by atoms with Crippen LogP contribution in [0.2, 0.25) is 0 Å². The van der Waals surface area contributed by atoms with Crippen LogP contribution in [0.25, 0.3) is 0 Å². The molecule has 1 aromatic carbocycles. The molecule has 5 heteroatoms. The van der Waals surface area contributed by atoms with Crippen LogP contribution in [0.3, 0.4) is 0 Å². The zero-order chi connectivity index (χ0) is 13.6. The number of H-pyrrole nitrogens is 1. The lowest BCUT2D eigenvalue weighted by Gasteiger charge is -2.09. The molecule has 100 valence electrons. The second-order valence-corrected chi connectivity index (χ2v) is 5.68. The van der Waals surface area contributed by atoms with Crippen molar-refractivity contribution in [3.63, 3.8) is 0 Å². The SMILES string of the molecule is Cc1cc(Cn2c(C3CC3)n[nH]c2=S)cc(C)c1F. The molecule has 1 saturated carbocycles. The Labute approximate surface area is 116 Å². The first-order valence-electron chi connectivity index (χ1n) is 6.47. The van der Waals surface area contributed by atoms with E-state index in [1.165, 1.54) is 12.8 Å². The Morgan fingerprint density at radius 3 is 2.58 bits per heavy atom. The molecule has 0 bridgehead atoms. The van der Waals surface area contributed by atoms with Crippen LogP contribution in [0, 0.1) is 24.4 Å². The van der Waals surface area contributed by atoms with Crippen LogP contribution in [0.15, 0.2) is 12.1 Å². The number of halogens is 1. The molecule has 1 aliphatic rings. The predicted octanol–water partition coefficient (Wildman–Crippen LogP) is 3.62. The highest BCUT2D eigenvalue weighted by molar-refractivity contribution is 7.71. The normalized spacial score (nSPS) is 14.9. The van der Waals surface area contributed by atoms with E-state index in [9.17, 15) is 4.39 Å². The van der Waals surface area contributed by atoms with Crippen molar-refractivity contribution in [3.05, 3.63) is 45.2 Å². The molecule has 0 radical (unpaired) electrons. The summed E-state index contributed by atoms with van der Waals surface area (Å²) in [7, 11) is 0. The van der Waals surface area contributed by atoms with Crippen LogP contribution in [0.5, 0.6) is 0 Å². The van der Waals surface area contributed by atoms with Gasteiger partial charge in [-0.1, -0.05) is 12.1 Å². The van der Waals surface area contributed by atoms with Crippen molar-refractivity contribution in [2.24, 2.45) is 0 Å². The third-order valence-electron chi connectivity index (χ3n) is 3.57. The number of benzene rings is 1. The molecule has 0 amide bonds. The minimum atomic E-state index is -0.123. The summed E-state index contributed by atoms with van der Waals surface area (Å²) in [5.41, 5.74) is 2.42. The maximum absolute atomic E-state index is 13.6. The maximum Gasteiger partial charge on any atom is 0.195 e. The number of aromatic amines is 1. The van der Waals surface area contributed by atoms with Gasteiger partial charge < -0.3 is 0 Å². The van der Waals surface area contributed by atoms with Crippen molar-refractivity contribution >= 4 is 12.2 Å². The summed E-state index contributed by atoms with van der Waals surface area (Å²) in [6, 6.07) is 3.77. The number of aromatic nitrogens is 3. The van der Waals surface area contributed by atoms with Crippen molar-refractivity contribution in [2.45, 2.75) is 39.2 Å². The van der Waals surface area contributed by atoms with Crippen molar-refractivity contribution in [1.82, 2.24) is 14.8 Å². The molecular formula is C14H16FN3S. The van der Waals surface area contributed by atoms with E-state index in [1.807, 2.05) is 16.7 Å². The molecule has 1 aromatic heterocycles. The summed E-state index contributed by atoms with van der Waals surface area (Å²) in [6.07, 6.45) is 2.36. The van der Waals surface area contributed by atoms with E-state index in [-0.39, 0.29) is 5.82 Å². The minimum absolute atomic E-state index is 0.123. The van der Waals surface area contributed by atoms with Crippen LogP contribution >= 0.6 is 12.2 Å². The van der Waals surface area contributed by atoms with Crippen LogP contribution in [-0.2, 0) is 6.54 Å². The fraction of sp³-hybridized carbons (Fsp3) is 0.429. The monoisotopic (exact) mass is 277 g/mol. The van der Waals surface area contributed by atoms with Gasteiger partial charge >= 0.3 is 0 Å².